The summed E-state index contributed by atoms with van der Waals surface area (Å²) >= 11 is 0. The van der Waals surface area contributed by atoms with E-state index in [-0.39, 0.29) is 24.1 Å². The first kappa shape index (κ1) is 10.2. The van der Waals surface area contributed by atoms with Crippen molar-refractivity contribution >= 4 is 5.69 Å². The lowest BCUT2D eigenvalue weighted by Crippen LogP contribution is -2.21. The predicted octanol–water partition coefficient (Wildman–Crippen LogP) is 1.35. The number of benzene rings is 1. The van der Waals surface area contributed by atoms with Crippen molar-refractivity contribution in [1.29, 1.82) is 0 Å². The molecular weight excluding hydrogens is 197 g/mol. The van der Waals surface area contributed by atoms with Crippen molar-refractivity contribution in [3.8, 4) is 5.75 Å². The largest absolute Gasteiger partial charge is 0.508 e. The fraction of sp³-hybridized carbons (Fsp3) is 0.455. The summed E-state index contributed by atoms with van der Waals surface area (Å²) in [5, 5.41) is 18.3. The number of halogens is 1. The van der Waals surface area contributed by atoms with Gasteiger partial charge in [0.15, 0.2) is 0 Å². The number of aliphatic hydroxyl groups is 1. The normalized spacial score (nSPS) is 20.9. The molecule has 0 aliphatic carbocycles. The van der Waals surface area contributed by atoms with E-state index in [9.17, 15) is 9.50 Å². The third-order valence-electron chi connectivity index (χ3n) is 2.81. The molecule has 82 valence electrons. The molecule has 1 aliphatic rings. The molecule has 1 heterocycles. The van der Waals surface area contributed by atoms with Crippen LogP contribution in [0.25, 0.3) is 0 Å². The Balaban J connectivity index is 2.19. The molecule has 1 atom stereocenters. The zero-order valence-corrected chi connectivity index (χ0v) is 8.36. The Bertz CT molecular complexity index is 356. The van der Waals surface area contributed by atoms with Crippen LogP contribution in [0.4, 0.5) is 10.1 Å². The van der Waals surface area contributed by atoms with Crippen LogP contribution in [0.2, 0.25) is 0 Å². The molecule has 1 fully saturated rings. The van der Waals surface area contributed by atoms with Gasteiger partial charge in [0.25, 0.3) is 0 Å². The molecule has 2 rings (SSSR count). The van der Waals surface area contributed by atoms with Gasteiger partial charge in [-0.3, -0.25) is 0 Å². The first-order chi connectivity index (χ1) is 7.20. The Morgan fingerprint density at radius 3 is 2.93 bits per heavy atom. The molecular formula is C11H14FNO2. The molecule has 0 radical (unpaired) electrons. The number of hydrogen-bond acceptors (Lipinski definition) is 3. The van der Waals surface area contributed by atoms with Gasteiger partial charge in [-0.15, -0.1) is 0 Å². The number of phenols is 1. The van der Waals surface area contributed by atoms with Crippen molar-refractivity contribution in [1.82, 2.24) is 0 Å². The van der Waals surface area contributed by atoms with E-state index in [4.69, 9.17) is 5.11 Å². The predicted molar refractivity (Wildman–Crippen MR) is 55.5 cm³/mol. The standard InChI is InChI=1S/C11H14FNO2/c12-10-2-1-9(15)5-11(10)13-4-3-8(6-13)7-14/h1-2,5,8,14-15H,3-4,6-7H2. The summed E-state index contributed by atoms with van der Waals surface area (Å²) in [5.74, 6) is -0.0445. The van der Waals surface area contributed by atoms with Gasteiger partial charge in [0.05, 0.1) is 5.69 Å². The first-order valence-corrected chi connectivity index (χ1v) is 5.05. The zero-order chi connectivity index (χ0) is 10.8. The highest BCUT2D eigenvalue weighted by Crippen LogP contribution is 2.28. The quantitative estimate of drug-likeness (QED) is 0.776. The van der Waals surface area contributed by atoms with E-state index in [2.05, 4.69) is 0 Å². The minimum atomic E-state index is -0.327. The molecule has 3 nitrogen and oxygen atoms in total. The maximum atomic E-state index is 13.4. The van der Waals surface area contributed by atoms with E-state index in [0.29, 0.717) is 12.2 Å². The zero-order valence-electron chi connectivity index (χ0n) is 8.36. The van der Waals surface area contributed by atoms with Gasteiger partial charge in [0, 0.05) is 31.7 Å². The summed E-state index contributed by atoms with van der Waals surface area (Å²) < 4.78 is 13.4. The van der Waals surface area contributed by atoms with Gasteiger partial charge in [-0.1, -0.05) is 0 Å². The molecule has 2 N–H and O–H groups in total. The van der Waals surface area contributed by atoms with E-state index in [1.165, 1.54) is 18.2 Å². The van der Waals surface area contributed by atoms with Gasteiger partial charge in [-0.25, -0.2) is 4.39 Å². The van der Waals surface area contributed by atoms with Gasteiger partial charge >= 0.3 is 0 Å². The van der Waals surface area contributed by atoms with E-state index in [1.54, 1.807) is 0 Å². The van der Waals surface area contributed by atoms with Crippen LogP contribution < -0.4 is 4.90 Å². The molecule has 0 aromatic heterocycles. The van der Waals surface area contributed by atoms with Crippen molar-refractivity contribution < 1.29 is 14.6 Å². The monoisotopic (exact) mass is 211 g/mol. The Hall–Kier alpha value is -1.29. The highest BCUT2D eigenvalue weighted by molar-refractivity contribution is 5.52. The third kappa shape index (κ3) is 2.04. The van der Waals surface area contributed by atoms with Crippen LogP contribution in [-0.2, 0) is 0 Å². The Kier molecular flexibility index (Phi) is 2.77. The van der Waals surface area contributed by atoms with Crippen LogP contribution in [0.3, 0.4) is 0 Å². The second-order valence-electron chi connectivity index (χ2n) is 3.92. The second-order valence-corrected chi connectivity index (χ2v) is 3.92. The van der Waals surface area contributed by atoms with Gasteiger partial charge in [0.2, 0.25) is 0 Å². The second kappa shape index (κ2) is 4.06. The van der Waals surface area contributed by atoms with Crippen LogP contribution in [0.1, 0.15) is 6.42 Å². The average molecular weight is 211 g/mol. The van der Waals surface area contributed by atoms with Crippen LogP contribution in [-0.4, -0.2) is 29.9 Å². The van der Waals surface area contributed by atoms with Crippen molar-refractivity contribution in [2.75, 3.05) is 24.6 Å². The summed E-state index contributed by atoms with van der Waals surface area (Å²) in [6.07, 6.45) is 0.867. The number of aliphatic hydroxyl groups excluding tert-OH is 1. The average Bonchev–Trinajstić information content (AvgIpc) is 2.70. The molecule has 1 saturated heterocycles. The number of anilines is 1. The molecule has 0 bridgehead atoms. The van der Waals surface area contributed by atoms with Gasteiger partial charge in [0.1, 0.15) is 11.6 Å². The van der Waals surface area contributed by atoms with Gasteiger partial charge in [-0.05, 0) is 18.6 Å². The van der Waals surface area contributed by atoms with Crippen molar-refractivity contribution in [3.05, 3.63) is 24.0 Å². The number of rotatable bonds is 2. The Labute approximate surface area is 87.8 Å². The number of aromatic hydroxyl groups is 1. The lowest BCUT2D eigenvalue weighted by atomic mass is 10.1. The summed E-state index contributed by atoms with van der Waals surface area (Å²) in [4.78, 5) is 1.86. The number of phenolic OH excluding ortho intramolecular Hbond substituents is 1. The minimum absolute atomic E-state index is 0.0684. The topological polar surface area (TPSA) is 43.7 Å². The lowest BCUT2D eigenvalue weighted by molar-refractivity contribution is 0.238. The van der Waals surface area contributed by atoms with Crippen LogP contribution in [0.15, 0.2) is 18.2 Å². The summed E-state index contributed by atoms with van der Waals surface area (Å²) in [6, 6.07) is 4.02. The lowest BCUT2D eigenvalue weighted by Gasteiger charge is -2.19. The highest BCUT2D eigenvalue weighted by atomic mass is 19.1. The fourth-order valence-corrected chi connectivity index (χ4v) is 1.94. The molecule has 1 aliphatic heterocycles. The summed E-state index contributed by atoms with van der Waals surface area (Å²) in [5.41, 5.74) is 0.422. The van der Waals surface area contributed by atoms with Crippen LogP contribution >= 0.6 is 0 Å². The van der Waals surface area contributed by atoms with Crippen LogP contribution in [0.5, 0.6) is 5.75 Å². The first-order valence-electron chi connectivity index (χ1n) is 5.05. The summed E-state index contributed by atoms with van der Waals surface area (Å²) in [7, 11) is 0. The van der Waals surface area contributed by atoms with E-state index in [0.717, 1.165) is 13.0 Å². The van der Waals surface area contributed by atoms with Crippen LogP contribution in [0, 0.1) is 11.7 Å². The molecule has 0 saturated carbocycles. The molecule has 4 heteroatoms. The number of nitrogens with zero attached hydrogens (tertiary/aromatic N) is 1. The molecule has 1 aromatic rings. The molecule has 1 unspecified atom stereocenters. The molecule has 0 spiro atoms. The van der Waals surface area contributed by atoms with E-state index < -0.39 is 0 Å². The van der Waals surface area contributed by atoms with E-state index >= 15 is 0 Å². The molecule has 0 amide bonds. The maximum Gasteiger partial charge on any atom is 0.146 e. The van der Waals surface area contributed by atoms with Crippen molar-refractivity contribution in [2.24, 2.45) is 5.92 Å². The Morgan fingerprint density at radius 1 is 1.47 bits per heavy atom. The highest BCUT2D eigenvalue weighted by Gasteiger charge is 2.23. The summed E-state index contributed by atoms with van der Waals surface area (Å²) in [6.45, 7) is 1.51. The molecule has 1 aromatic carbocycles. The third-order valence-corrected chi connectivity index (χ3v) is 2.81. The molecule has 15 heavy (non-hydrogen) atoms. The smallest absolute Gasteiger partial charge is 0.146 e. The maximum absolute atomic E-state index is 13.4. The van der Waals surface area contributed by atoms with Crippen molar-refractivity contribution in [3.63, 3.8) is 0 Å². The van der Waals surface area contributed by atoms with Gasteiger partial charge < -0.3 is 15.1 Å². The number of hydrogen-bond donors (Lipinski definition) is 2. The van der Waals surface area contributed by atoms with Crippen molar-refractivity contribution in [2.45, 2.75) is 6.42 Å². The Morgan fingerprint density at radius 2 is 2.27 bits per heavy atom. The minimum Gasteiger partial charge on any atom is -0.508 e. The van der Waals surface area contributed by atoms with Gasteiger partial charge in [-0.2, -0.15) is 0 Å². The fourth-order valence-electron chi connectivity index (χ4n) is 1.94. The SMILES string of the molecule is OCC1CCN(c2cc(O)ccc2F)C1. The van der Waals surface area contributed by atoms with E-state index in [1.807, 2.05) is 4.90 Å².